The molecule has 1 rings (SSSR count). The van der Waals surface area contributed by atoms with E-state index in [1.54, 1.807) is 16.8 Å². The second-order valence-electron chi connectivity index (χ2n) is 4.42. The second-order valence-corrected chi connectivity index (χ2v) is 4.42. The lowest BCUT2D eigenvalue weighted by atomic mass is 10.1. The monoisotopic (exact) mass is 256 g/mol. The van der Waals surface area contributed by atoms with Gasteiger partial charge < -0.3 is 14.5 Å². The molecule has 0 spiro atoms. The number of hydrogen-bond donors (Lipinski definition) is 0. The Morgan fingerprint density at radius 3 is 2.61 bits per heavy atom. The summed E-state index contributed by atoms with van der Waals surface area (Å²) in [5, 5.41) is 0. The Labute approximate surface area is 107 Å². The van der Waals surface area contributed by atoms with Crippen LogP contribution in [-0.2, 0) is 19.1 Å². The largest absolute Gasteiger partial charge is 0.469 e. The number of esters is 1. The average molecular weight is 256 g/mol. The maximum Gasteiger partial charge on any atom is 0.307 e. The van der Waals surface area contributed by atoms with Gasteiger partial charge in [0.05, 0.1) is 19.4 Å². The Kier molecular flexibility index (Phi) is 5.12. The molecule has 0 aliphatic carbocycles. The van der Waals surface area contributed by atoms with Gasteiger partial charge in [-0.25, -0.2) is 0 Å². The summed E-state index contributed by atoms with van der Waals surface area (Å²) in [6.45, 7) is 3.20. The van der Waals surface area contributed by atoms with Gasteiger partial charge in [-0.15, -0.1) is 0 Å². The summed E-state index contributed by atoms with van der Waals surface area (Å²) in [7, 11) is 3.02. The first-order chi connectivity index (χ1) is 8.49. The Morgan fingerprint density at radius 2 is 2.17 bits per heavy atom. The molecular weight excluding hydrogens is 236 g/mol. The van der Waals surface area contributed by atoms with Crippen molar-refractivity contribution in [3.05, 3.63) is 0 Å². The van der Waals surface area contributed by atoms with Gasteiger partial charge in [0.1, 0.15) is 0 Å². The van der Waals surface area contributed by atoms with Crippen molar-refractivity contribution in [1.29, 1.82) is 0 Å². The number of ether oxygens (including phenoxy) is 1. The minimum atomic E-state index is -0.333. The topological polar surface area (TPSA) is 66.9 Å². The van der Waals surface area contributed by atoms with Gasteiger partial charge in [0.2, 0.25) is 11.8 Å². The summed E-state index contributed by atoms with van der Waals surface area (Å²) in [5.41, 5.74) is 0. The van der Waals surface area contributed by atoms with Crippen LogP contribution in [-0.4, -0.2) is 61.4 Å². The minimum Gasteiger partial charge on any atom is -0.469 e. The normalized spacial score (nSPS) is 18.9. The fourth-order valence-corrected chi connectivity index (χ4v) is 2.04. The molecule has 1 fully saturated rings. The highest BCUT2D eigenvalue weighted by molar-refractivity contribution is 5.89. The van der Waals surface area contributed by atoms with Crippen LogP contribution in [0.25, 0.3) is 0 Å². The zero-order valence-corrected chi connectivity index (χ0v) is 11.1. The van der Waals surface area contributed by atoms with Crippen molar-refractivity contribution in [2.24, 2.45) is 5.92 Å². The summed E-state index contributed by atoms with van der Waals surface area (Å²) in [4.78, 5) is 37.8. The van der Waals surface area contributed by atoms with E-state index in [-0.39, 0.29) is 36.5 Å². The molecule has 0 N–H and O–H groups in total. The SMILES string of the molecule is CCN(CCC(=O)OC)C(=O)C1CC(=O)N(C)C1. The highest BCUT2D eigenvalue weighted by Crippen LogP contribution is 2.18. The maximum absolute atomic E-state index is 12.2. The van der Waals surface area contributed by atoms with Crippen LogP contribution >= 0.6 is 0 Å². The third-order valence-corrected chi connectivity index (χ3v) is 3.20. The third-order valence-electron chi connectivity index (χ3n) is 3.20. The van der Waals surface area contributed by atoms with Crippen LogP contribution < -0.4 is 0 Å². The van der Waals surface area contributed by atoms with Crippen molar-refractivity contribution in [1.82, 2.24) is 9.80 Å². The average Bonchev–Trinajstić information content (AvgIpc) is 2.69. The lowest BCUT2D eigenvalue weighted by Crippen LogP contribution is -2.38. The lowest BCUT2D eigenvalue weighted by Gasteiger charge is -2.23. The van der Waals surface area contributed by atoms with E-state index in [0.717, 1.165) is 0 Å². The molecule has 1 saturated heterocycles. The molecule has 0 bridgehead atoms. The fourth-order valence-electron chi connectivity index (χ4n) is 2.04. The smallest absolute Gasteiger partial charge is 0.307 e. The van der Waals surface area contributed by atoms with Crippen molar-refractivity contribution in [3.63, 3.8) is 0 Å². The molecule has 102 valence electrons. The van der Waals surface area contributed by atoms with Crippen molar-refractivity contribution < 1.29 is 19.1 Å². The molecule has 0 aromatic heterocycles. The molecule has 0 aromatic rings. The molecule has 0 saturated carbocycles. The number of rotatable bonds is 5. The van der Waals surface area contributed by atoms with E-state index in [9.17, 15) is 14.4 Å². The van der Waals surface area contributed by atoms with Crippen LogP contribution in [0.15, 0.2) is 0 Å². The van der Waals surface area contributed by atoms with E-state index in [2.05, 4.69) is 4.74 Å². The van der Waals surface area contributed by atoms with Crippen LogP contribution in [0.2, 0.25) is 0 Å². The minimum absolute atomic E-state index is 0.00243. The van der Waals surface area contributed by atoms with Gasteiger partial charge in [-0.1, -0.05) is 0 Å². The molecule has 6 nitrogen and oxygen atoms in total. The number of likely N-dealkylation sites (tertiary alicyclic amines) is 1. The second kappa shape index (κ2) is 6.37. The number of methoxy groups -OCH3 is 1. The van der Waals surface area contributed by atoms with Gasteiger partial charge in [-0.2, -0.15) is 0 Å². The first kappa shape index (κ1) is 14.5. The molecule has 18 heavy (non-hydrogen) atoms. The predicted octanol–water partition coefficient (Wildman–Crippen LogP) is -0.124. The molecule has 1 heterocycles. The quantitative estimate of drug-likeness (QED) is 0.643. The zero-order valence-electron chi connectivity index (χ0n) is 11.1. The number of amides is 2. The Hall–Kier alpha value is -1.59. The summed E-state index contributed by atoms with van der Waals surface area (Å²) in [6.07, 6.45) is 0.455. The van der Waals surface area contributed by atoms with Crippen LogP contribution in [0.1, 0.15) is 19.8 Å². The zero-order chi connectivity index (χ0) is 13.7. The Bertz CT molecular complexity index is 343. The van der Waals surface area contributed by atoms with E-state index in [4.69, 9.17) is 0 Å². The first-order valence-electron chi connectivity index (χ1n) is 6.09. The molecule has 6 heteroatoms. The van der Waals surface area contributed by atoms with E-state index >= 15 is 0 Å². The van der Waals surface area contributed by atoms with Crippen molar-refractivity contribution in [3.8, 4) is 0 Å². The molecule has 1 aliphatic rings. The van der Waals surface area contributed by atoms with Gasteiger partial charge in [0.25, 0.3) is 0 Å². The van der Waals surface area contributed by atoms with Gasteiger partial charge in [-0.05, 0) is 6.92 Å². The molecule has 0 aromatic carbocycles. The molecule has 2 amide bonds. The molecule has 1 atom stereocenters. The van der Waals surface area contributed by atoms with Gasteiger partial charge in [0, 0.05) is 33.1 Å². The predicted molar refractivity (Wildman–Crippen MR) is 64.6 cm³/mol. The van der Waals surface area contributed by atoms with Gasteiger partial charge >= 0.3 is 5.97 Å². The Morgan fingerprint density at radius 1 is 1.50 bits per heavy atom. The Balaban J connectivity index is 2.52. The van der Waals surface area contributed by atoms with Crippen LogP contribution in [0.5, 0.6) is 0 Å². The number of hydrogen-bond acceptors (Lipinski definition) is 4. The summed E-state index contributed by atoms with van der Waals surface area (Å²) >= 11 is 0. The van der Waals surface area contributed by atoms with E-state index < -0.39 is 0 Å². The molecule has 0 radical (unpaired) electrons. The molecule has 1 aliphatic heterocycles. The third kappa shape index (κ3) is 3.45. The highest BCUT2D eigenvalue weighted by Gasteiger charge is 2.34. The van der Waals surface area contributed by atoms with Crippen molar-refractivity contribution in [2.75, 3.05) is 33.8 Å². The van der Waals surface area contributed by atoms with E-state index in [1.807, 2.05) is 6.92 Å². The number of carbonyl (C=O) groups is 3. The molecular formula is C12H20N2O4. The van der Waals surface area contributed by atoms with E-state index in [0.29, 0.717) is 19.6 Å². The van der Waals surface area contributed by atoms with Crippen molar-refractivity contribution in [2.45, 2.75) is 19.8 Å². The standard InChI is InChI=1S/C12H20N2O4/c1-4-14(6-5-11(16)18-3)12(17)9-7-10(15)13(2)8-9/h9H,4-8H2,1-3H3. The summed E-state index contributed by atoms with van der Waals surface area (Å²) in [5.74, 6) is -0.669. The van der Waals surface area contributed by atoms with Crippen LogP contribution in [0.4, 0.5) is 0 Å². The molecule has 1 unspecified atom stereocenters. The van der Waals surface area contributed by atoms with Crippen LogP contribution in [0, 0.1) is 5.92 Å². The summed E-state index contributed by atoms with van der Waals surface area (Å²) in [6, 6.07) is 0. The van der Waals surface area contributed by atoms with Crippen molar-refractivity contribution >= 4 is 17.8 Å². The highest BCUT2D eigenvalue weighted by atomic mass is 16.5. The number of nitrogens with zero attached hydrogens (tertiary/aromatic N) is 2. The first-order valence-corrected chi connectivity index (χ1v) is 6.09. The van der Waals surface area contributed by atoms with Gasteiger partial charge in [0.15, 0.2) is 0 Å². The van der Waals surface area contributed by atoms with Crippen LogP contribution in [0.3, 0.4) is 0 Å². The maximum atomic E-state index is 12.2. The summed E-state index contributed by atoms with van der Waals surface area (Å²) < 4.78 is 4.55. The lowest BCUT2D eigenvalue weighted by molar-refractivity contribution is -0.142. The van der Waals surface area contributed by atoms with Gasteiger partial charge in [-0.3, -0.25) is 14.4 Å². The fraction of sp³-hybridized carbons (Fsp3) is 0.750. The number of carbonyl (C=O) groups excluding carboxylic acids is 3. The van der Waals surface area contributed by atoms with E-state index in [1.165, 1.54) is 7.11 Å².